The Morgan fingerprint density at radius 1 is 1.25 bits per heavy atom. The maximum Gasteiger partial charge on any atom is 0.176 e. The van der Waals surface area contributed by atoms with Gasteiger partial charge >= 0.3 is 0 Å². The molecule has 4 nitrogen and oxygen atoms in total. The highest BCUT2D eigenvalue weighted by Crippen LogP contribution is 2.10. The van der Waals surface area contributed by atoms with E-state index in [4.69, 9.17) is 5.73 Å². The van der Waals surface area contributed by atoms with Gasteiger partial charge in [-0.1, -0.05) is 0 Å². The molecule has 0 spiro atoms. The number of pyridine rings is 1. The molecule has 0 aromatic carbocycles. The summed E-state index contributed by atoms with van der Waals surface area (Å²) in [6.07, 6.45) is 5.18. The molecular weight excluding hydrogens is 152 g/mol. The van der Waals surface area contributed by atoms with Crippen molar-refractivity contribution in [2.45, 2.75) is 0 Å². The molecule has 0 amide bonds. The minimum Gasteiger partial charge on any atom is -0.396 e. The number of hydrogen-bond acceptors (Lipinski definition) is 3. The van der Waals surface area contributed by atoms with Crippen molar-refractivity contribution in [1.82, 2.24) is 14.8 Å². The number of hydrogen-bond donors (Lipinski definition) is 1. The normalized spacial score (nSPS) is 10.0. The van der Waals surface area contributed by atoms with Gasteiger partial charge in [0.05, 0.1) is 5.69 Å². The third-order valence-electron chi connectivity index (χ3n) is 1.54. The fourth-order valence-corrected chi connectivity index (χ4v) is 0.995. The topological polar surface area (TPSA) is 56.7 Å². The summed E-state index contributed by atoms with van der Waals surface area (Å²) in [4.78, 5) is 4.10. The second-order valence-electron chi connectivity index (χ2n) is 2.37. The van der Waals surface area contributed by atoms with Crippen LogP contribution in [0.25, 0.3) is 5.82 Å². The van der Waals surface area contributed by atoms with Crippen molar-refractivity contribution >= 4 is 5.69 Å². The Balaban J connectivity index is 2.55. The third kappa shape index (κ3) is 1.03. The molecule has 2 N–H and O–H groups in total. The van der Waals surface area contributed by atoms with E-state index in [0.717, 1.165) is 0 Å². The second kappa shape index (κ2) is 2.65. The van der Waals surface area contributed by atoms with Crippen molar-refractivity contribution < 1.29 is 0 Å². The maximum absolute atomic E-state index is 5.69. The molecule has 2 aromatic rings. The number of anilines is 1. The number of nitrogens with two attached hydrogens (primary N) is 1. The Kier molecular flexibility index (Phi) is 1.51. The summed E-state index contributed by atoms with van der Waals surface area (Å²) < 4.78 is 1.63. The molecule has 0 bridgehead atoms. The number of nitrogen functional groups attached to an aromatic ring is 1. The van der Waals surface area contributed by atoms with Crippen molar-refractivity contribution in [3.63, 3.8) is 0 Å². The molecule has 12 heavy (non-hydrogen) atoms. The average Bonchev–Trinajstić information content (AvgIpc) is 2.57. The summed E-state index contributed by atoms with van der Waals surface area (Å²) in [6.45, 7) is 0. The zero-order chi connectivity index (χ0) is 8.39. The molecule has 2 aromatic heterocycles. The molecular formula is C8H8N4. The van der Waals surface area contributed by atoms with E-state index in [-0.39, 0.29) is 0 Å². The highest BCUT2D eigenvalue weighted by Gasteiger charge is 1.99. The number of rotatable bonds is 1. The van der Waals surface area contributed by atoms with Gasteiger partial charge in [-0.05, 0) is 18.2 Å². The van der Waals surface area contributed by atoms with Crippen molar-refractivity contribution in [1.29, 1.82) is 0 Å². The molecule has 0 radical (unpaired) electrons. The Labute approximate surface area is 69.7 Å². The van der Waals surface area contributed by atoms with E-state index in [2.05, 4.69) is 10.1 Å². The molecule has 0 unspecified atom stereocenters. The van der Waals surface area contributed by atoms with E-state index in [0.29, 0.717) is 11.5 Å². The van der Waals surface area contributed by atoms with Crippen LogP contribution in [0.1, 0.15) is 0 Å². The predicted molar refractivity (Wildman–Crippen MR) is 45.8 cm³/mol. The minimum absolute atomic E-state index is 0.626. The van der Waals surface area contributed by atoms with E-state index >= 15 is 0 Å². The first-order chi connectivity index (χ1) is 5.88. The molecule has 2 heterocycles. The second-order valence-corrected chi connectivity index (χ2v) is 2.37. The van der Waals surface area contributed by atoms with Gasteiger partial charge in [-0.2, -0.15) is 5.10 Å². The fourth-order valence-electron chi connectivity index (χ4n) is 0.995. The minimum atomic E-state index is 0.626. The van der Waals surface area contributed by atoms with Gasteiger partial charge in [0.2, 0.25) is 0 Å². The Hall–Kier alpha value is -1.84. The lowest BCUT2D eigenvalue weighted by atomic mass is 10.4. The van der Waals surface area contributed by atoms with E-state index in [1.165, 1.54) is 0 Å². The Morgan fingerprint density at radius 3 is 2.83 bits per heavy atom. The molecule has 2 rings (SSSR count). The number of aromatic nitrogens is 3. The van der Waals surface area contributed by atoms with Crippen LogP contribution in [-0.4, -0.2) is 14.8 Å². The Morgan fingerprint density at radius 2 is 2.17 bits per heavy atom. The van der Waals surface area contributed by atoms with Crippen molar-refractivity contribution in [3.8, 4) is 5.82 Å². The van der Waals surface area contributed by atoms with Gasteiger partial charge in [-0.25, -0.2) is 9.67 Å². The van der Waals surface area contributed by atoms with Gasteiger partial charge < -0.3 is 5.73 Å². The largest absolute Gasteiger partial charge is 0.396 e. The quantitative estimate of drug-likeness (QED) is 0.672. The van der Waals surface area contributed by atoms with Gasteiger partial charge in [0.15, 0.2) is 5.82 Å². The van der Waals surface area contributed by atoms with Crippen LogP contribution in [0.5, 0.6) is 0 Å². The lowest BCUT2D eigenvalue weighted by Gasteiger charge is -2.01. The lowest BCUT2D eigenvalue weighted by molar-refractivity contribution is 0.850. The van der Waals surface area contributed by atoms with Crippen LogP contribution in [0.15, 0.2) is 36.8 Å². The molecule has 0 aliphatic heterocycles. The fraction of sp³-hybridized carbons (Fsp3) is 0. The van der Waals surface area contributed by atoms with Crippen molar-refractivity contribution in [2.75, 3.05) is 5.73 Å². The molecule has 0 aliphatic rings. The molecule has 0 aliphatic carbocycles. The standard InChI is InChI=1S/C8H8N4/c9-7-3-1-4-10-8(7)12-6-2-5-11-12/h1-6H,9H2. The van der Waals surface area contributed by atoms with Gasteiger partial charge in [0, 0.05) is 18.6 Å². The van der Waals surface area contributed by atoms with Crippen LogP contribution in [0.2, 0.25) is 0 Å². The van der Waals surface area contributed by atoms with Gasteiger partial charge in [0.25, 0.3) is 0 Å². The molecule has 60 valence electrons. The van der Waals surface area contributed by atoms with Crippen LogP contribution in [0.4, 0.5) is 5.69 Å². The zero-order valence-electron chi connectivity index (χ0n) is 6.38. The summed E-state index contributed by atoms with van der Waals surface area (Å²) in [5.41, 5.74) is 6.31. The molecule has 0 atom stereocenters. The van der Waals surface area contributed by atoms with Crippen LogP contribution < -0.4 is 5.73 Å². The lowest BCUT2D eigenvalue weighted by Crippen LogP contribution is -2.01. The molecule has 0 saturated heterocycles. The van der Waals surface area contributed by atoms with E-state index < -0.39 is 0 Å². The van der Waals surface area contributed by atoms with Gasteiger partial charge in [-0.15, -0.1) is 0 Å². The maximum atomic E-state index is 5.69. The highest BCUT2D eigenvalue weighted by atomic mass is 15.3. The van der Waals surface area contributed by atoms with E-state index in [1.54, 1.807) is 35.4 Å². The van der Waals surface area contributed by atoms with E-state index in [9.17, 15) is 0 Å². The third-order valence-corrected chi connectivity index (χ3v) is 1.54. The van der Waals surface area contributed by atoms with Crippen molar-refractivity contribution in [3.05, 3.63) is 36.8 Å². The highest BCUT2D eigenvalue weighted by molar-refractivity contribution is 5.51. The first kappa shape index (κ1) is 6.84. The zero-order valence-corrected chi connectivity index (χ0v) is 6.38. The van der Waals surface area contributed by atoms with Crippen LogP contribution >= 0.6 is 0 Å². The van der Waals surface area contributed by atoms with Crippen molar-refractivity contribution in [2.24, 2.45) is 0 Å². The summed E-state index contributed by atoms with van der Waals surface area (Å²) in [7, 11) is 0. The average molecular weight is 160 g/mol. The smallest absolute Gasteiger partial charge is 0.176 e. The van der Waals surface area contributed by atoms with Crippen LogP contribution in [0.3, 0.4) is 0 Å². The first-order valence-corrected chi connectivity index (χ1v) is 3.58. The van der Waals surface area contributed by atoms with Crippen LogP contribution in [0, 0.1) is 0 Å². The molecule has 4 heteroatoms. The summed E-state index contributed by atoms with van der Waals surface area (Å²) in [5.74, 6) is 0.669. The summed E-state index contributed by atoms with van der Waals surface area (Å²) in [6, 6.07) is 5.42. The van der Waals surface area contributed by atoms with Gasteiger partial charge in [-0.3, -0.25) is 0 Å². The summed E-state index contributed by atoms with van der Waals surface area (Å²) in [5, 5.41) is 4.02. The Bertz CT molecular complexity index is 366. The molecule has 0 fully saturated rings. The first-order valence-electron chi connectivity index (χ1n) is 3.58. The van der Waals surface area contributed by atoms with Gasteiger partial charge in [0.1, 0.15) is 0 Å². The number of nitrogens with zero attached hydrogens (tertiary/aromatic N) is 3. The monoisotopic (exact) mass is 160 g/mol. The van der Waals surface area contributed by atoms with E-state index in [1.807, 2.05) is 6.07 Å². The predicted octanol–water partition coefficient (Wildman–Crippen LogP) is 0.849. The van der Waals surface area contributed by atoms with Crippen LogP contribution in [-0.2, 0) is 0 Å². The summed E-state index contributed by atoms with van der Waals surface area (Å²) >= 11 is 0. The molecule has 0 saturated carbocycles. The SMILES string of the molecule is Nc1cccnc1-n1cccn1.